The van der Waals surface area contributed by atoms with Crippen LogP contribution in [0.1, 0.15) is 0 Å². The van der Waals surface area contributed by atoms with E-state index in [0.29, 0.717) is 0 Å². The molecule has 6 rings (SSSR count). The zero-order valence-corrected chi connectivity index (χ0v) is 16.1. The van der Waals surface area contributed by atoms with Crippen LogP contribution in [0.4, 0.5) is 0 Å². The molecule has 0 radical (unpaired) electrons. The van der Waals surface area contributed by atoms with Crippen LogP contribution in [0, 0.1) is 0 Å². The smallest absolute Gasteiger partial charge is 0.221 e. The van der Waals surface area contributed by atoms with Crippen molar-refractivity contribution in [3.05, 3.63) is 110 Å². The summed E-state index contributed by atoms with van der Waals surface area (Å²) in [5.74, 6) is 0. The number of benzene rings is 3. The lowest BCUT2D eigenvalue weighted by molar-refractivity contribution is 1.11. The predicted molar refractivity (Wildman–Crippen MR) is 119 cm³/mol. The van der Waals surface area contributed by atoms with Crippen molar-refractivity contribution in [2.45, 2.75) is 0 Å². The van der Waals surface area contributed by atoms with E-state index in [9.17, 15) is 0 Å². The standard InChI is InChI=1S/C24H18N3P/c1-4-10-22-19(7-1)13-16-25(22)28(26-17-14-20-8-2-5-11-23(20)26)27-18-15-21-9-3-6-12-24(21)27/h1-18H. The summed E-state index contributed by atoms with van der Waals surface area (Å²) in [5, 5.41) is 3.80. The molecule has 0 fully saturated rings. The summed E-state index contributed by atoms with van der Waals surface area (Å²) in [6.07, 6.45) is 6.67. The van der Waals surface area contributed by atoms with E-state index in [1.165, 1.54) is 32.7 Å². The molecule has 0 atom stereocenters. The summed E-state index contributed by atoms with van der Waals surface area (Å²) >= 11 is 0. The maximum atomic E-state index is 2.42. The number of fused-ring (bicyclic) bond motifs is 3. The first-order chi connectivity index (χ1) is 13.9. The van der Waals surface area contributed by atoms with Gasteiger partial charge in [-0.2, -0.15) is 0 Å². The fourth-order valence-electron chi connectivity index (χ4n) is 3.98. The van der Waals surface area contributed by atoms with Gasteiger partial charge in [-0.15, -0.1) is 0 Å². The Kier molecular flexibility index (Phi) is 3.44. The molecule has 0 aliphatic rings. The Bertz CT molecular complexity index is 1260. The third-order valence-electron chi connectivity index (χ3n) is 5.31. The molecule has 28 heavy (non-hydrogen) atoms. The zero-order chi connectivity index (χ0) is 18.5. The number of nitrogens with zero attached hydrogens (tertiary/aromatic N) is 3. The highest BCUT2D eigenvalue weighted by molar-refractivity contribution is 7.53. The van der Waals surface area contributed by atoms with Gasteiger partial charge in [-0.05, 0) is 52.6 Å². The lowest BCUT2D eigenvalue weighted by Crippen LogP contribution is -2.06. The molecule has 0 aliphatic carbocycles. The van der Waals surface area contributed by atoms with Gasteiger partial charge in [-0.25, -0.2) is 0 Å². The van der Waals surface area contributed by atoms with Crippen molar-refractivity contribution in [1.29, 1.82) is 0 Å². The topological polar surface area (TPSA) is 14.8 Å². The van der Waals surface area contributed by atoms with Crippen molar-refractivity contribution in [1.82, 2.24) is 13.0 Å². The lowest BCUT2D eigenvalue weighted by atomic mass is 10.3. The molecule has 0 aliphatic heterocycles. The Hall–Kier alpha value is -3.29. The molecule has 3 heterocycles. The average Bonchev–Trinajstić information content (AvgIpc) is 3.47. The van der Waals surface area contributed by atoms with E-state index in [-0.39, 0.29) is 0 Å². The quantitative estimate of drug-likeness (QED) is 0.303. The Labute approximate surface area is 164 Å². The summed E-state index contributed by atoms with van der Waals surface area (Å²) in [4.78, 5) is 0. The predicted octanol–water partition coefficient (Wildman–Crippen LogP) is 6.72. The van der Waals surface area contributed by atoms with Crippen LogP contribution < -0.4 is 0 Å². The largest absolute Gasteiger partial charge is 0.291 e. The molecule has 6 aromatic rings. The molecule has 0 spiro atoms. The summed E-state index contributed by atoms with van der Waals surface area (Å²) in [5.41, 5.74) is 3.76. The summed E-state index contributed by atoms with van der Waals surface area (Å²) < 4.78 is 7.26. The minimum atomic E-state index is -0.884. The van der Waals surface area contributed by atoms with Gasteiger partial charge in [0.1, 0.15) is 0 Å². The van der Waals surface area contributed by atoms with E-state index in [1.54, 1.807) is 0 Å². The molecule has 3 aromatic heterocycles. The van der Waals surface area contributed by atoms with Crippen LogP contribution in [-0.4, -0.2) is 13.0 Å². The maximum Gasteiger partial charge on any atom is 0.221 e. The molecule has 3 nitrogen and oxygen atoms in total. The molecule has 0 unspecified atom stereocenters. The highest BCUT2D eigenvalue weighted by Crippen LogP contribution is 2.48. The number of hydrogen-bond acceptors (Lipinski definition) is 0. The van der Waals surface area contributed by atoms with Crippen molar-refractivity contribution in [2.75, 3.05) is 0 Å². The van der Waals surface area contributed by atoms with Crippen LogP contribution in [0.25, 0.3) is 32.7 Å². The molecule has 0 N–H and O–H groups in total. The van der Waals surface area contributed by atoms with Crippen LogP contribution in [0.5, 0.6) is 0 Å². The molecular weight excluding hydrogens is 361 g/mol. The third-order valence-corrected chi connectivity index (χ3v) is 7.52. The van der Waals surface area contributed by atoms with Crippen molar-refractivity contribution < 1.29 is 0 Å². The van der Waals surface area contributed by atoms with Gasteiger partial charge >= 0.3 is 0 Å². The first kappa shape index (κ1) is 15.7. The molecule has 134 valence electrons. The van der Waals surface area contributed by atoms with Crippen LogP contribution >= 0.6 is 8.37 Å². The highest BCUT2D eigenvalue weighted by atomic mass is 31.1. The monoisotopic (exact) mass is 379 g/mol. The summed E-state index contributed by atoms with van der Waals surface area (Å²) in [7, 11) is -0.884. The van der Waals surface area contributed by atoms with Gasteiger partial charge in [0, 0.05) is 18.6 Å². The molecule has 4 heteroatoms. The van der Waals surface area contributed by atoms with Gasteiger partial charge in [0.25, 0.3) is 0 Å². The van der Waals surface area contributed by atoms with Crippen LogP contribution in [0.2, 0.25) is 0 Å². The molecule has 0 saturated heterocycles. The van der Waals surface area contributed by atoms with Crippen LogP contribution in [0.3, 0.4) is 0 Å². The van der Waals surface area contributed by atoms with E-state index in [2.05, 4.69) is 123 Å². The maximum absolute atomic E-state index is 2.42. The minimum Gasteiger partial charge on any atom is -0.291 e. The average molecular weight is 379 g/mol. The van der Waals surface area contributed by atoms with E-state index in [4.69, 9.17) is 0 Å². The minimum absolute atomic E-state index is 0.884. The van der Waals surface area contributed by atoms with E-state index >= 15 is 0 Å². The second-order valence-electron chi connectivity index (χ2n) is 6.93. The fraction of sp³-hybridized carbons (Fsp3) is 0. The van der Waals surface area contributed by atoms with Crippen molar-refractivity contribution in [3.63, 3.8) is 0 Å². The Morgan fingerprint density at radius 1 is 0.393 bits per heavy atom. The Morgan fingerprint density at radius 3 is 1.07 bits per heavy atom. The molecule has 0 bridgehead atoms. The van der Waals surface area contributed by atoms with Gasteiger partial charge in [0.05, 0.1) is 16.6 Å². The van der Waals surface area contributed by atoms with Crippen molar-refractivity contribution in [2.24, 2.45) is 0 Å². The molecule has 3 aromatic carbocycles. The molecule has 0 saturated carbocycles. The Balaban J connectivity index is 1.69. The number of rotatable bonds is 3. The molecular formula is C24H18N3P. The fourth-order valence-corrected chi connectivity index (χ4v) is 6.29. The van der Waals surface area contributed by atoms with Crippen molar-refractivity contribution >= 4 is 41.1 Å². The van der Waals surface area contributed by atoms with Crippen molar-refractivity contribution in [3.8, 4) is 0 Å². The number of aromatic nitrogens is 3. The summed E-state index contributed by atoms with van der Waals surface area (Å²) in [6, 6.07) is 32.5. The highest BCUT2D eigenvalue weighted by Gasteiger charge is 2.21. The SMILES string of the molecule is c1ccc2c(c1)ccn2P(n1ccc2ccccc21)n1ccc2ccccc21. The third kappa shape index (κ3) is 2.27. The summed E-state index contributed by atoms with van der Waals surface area (Å²) in [6.45, 7) is 0. The van der Waals surface area contributed by atoms with Gasteiger partial charge < -0.3 is 0 Å². The van der Waals surface area contributed by atoms with E-state index < -0.39 is 8.37 Å². The Morgan fingerprint density at radius 2 is 0.714 bits per heavy atom. The second kappa shape index (κ2) is 6.12. The van der Waals surface area contributed by atoms with Crippen LogP contribution in [-0.2, 0) is 0 Å². The first-order valence-electron chi connectivity index (χ1n) is 9.39. The number of hydrogen-bond donors (Lipinski definition) is 0. The van der Waals surface area contributed by atoms with E-state index in [1.807, 2.05) is 0 Å². The molecule has 0 amide bonds. The second-order valence-corrected chi connectivity index (χ2v) is 8.76. The van der Waals surface area contributed by atoms with Gasteiger partial charge in [0.15, 0.2) is 0 Å². The van der Waals surface area contributed by atoms with Crippen LogP contribution in [0.15, 0.2) is 110 Å². The van der Waals surface area contributed by atoms with Gasteiger partial charge in [-0.3, -0.25) is 13.0 Å². The van der Waals surface area contributed by atoms with Gasteiger partial charge in [-0.1, -0.05) is 54.6 Å². The van der Waals surface area contributed by atoms with E-state index in [0.717, 1.165) is 0 Å². The normalized spacial score (nSPS) is 11.9. The first-order valence-corrected chi connectivity index (χ1v) is 10.6. The lowest BCUT2D eigenvalue weighted by Gasteiger charge is -2.24. The number of para-hydroxylation sites is 3. The van der Waals surface area contributed by atoms with Gasteiger partial charge in [0.2, 0.25) is 8.37 Å². The zero-order valence-electron chi connectivity index (χ0n) is 15.2.